The third-order valence-electron chi connectivity index (χ3n) is 3.08. The van der Waals surface area contributed by atoms with Crippen molar-refractivity contribution in [2.75, 3.05) is 6.61 Å². The maximum absolute atomic E-state index is 6.01. The van der Waals surface area contributed by atoms with E-state index in [0.717, 1.165) is 22.3 Å². The van der Waals surface area contributed by atoms with Crippen LogP contribution in [0.3, 0.4) is 0 Å². The molecule has 3 nitrogen and oxygen atoms in total. The Kier molecular flexibility index (Phi) is 3.21. The second kappa shape index (κ2) is 5.16. The lowest BCUT2D eigenvalue weighted by Gasteiger charge is -2.12. The van der Waals surface area contributed by atoms with Gasteiger partial charge in [0.1, 0.15) is 18.1 Å². The molecule has 96 valence electrons. The summed E-state index contributed by atoms with van der Waals surface area (Å²) in [6, 6.07) is 17.6. The first-order chi connectivity index (χ1) is 9.34. The van der Waals surface area contributed by atoms with Crippen molar-refractivity contribution in [1.82, 2.24) is 0 Å². The molecule has 19 heavy (non-hydrogen) atoms. The van der Waals surface area contributed by atoms with E-state index in [-0.39, 0.29) is 6.04 Å². The summed E-state index contributed by atoms with van der Waals surface area (Å²) in [7, 11) is 0. The fourth-order valence-electron chi connectivity index (χ4n) is 2.09. The van der Waals surface area contributed by atoms with Crippen molar-refractivity contribution in [3.05, 3.63) is 66.6 Å². The van der Waals surface area contributed by atoms with Crippen LogP contribution in [-0.4, -0.2) is 6.61 Å². The van der Waals surface area contributed by atoms with E-state index >= 15 is 0 Å². The van der Waals surface area contributed by atoms with Crippen LogP contribution in [0.4, 0.5) is 0 Å². The second-order valence-electron chi connectivity index (χ2n) is 4.41. The second-order valence-corrected chi connectivity index (χ2v) is 4.41. The molecule has 0 amide bonds. The van der Waals surface area contributed by atoms with Crippen LogP contribution < -0.4 is 10.5 Å². The van der Waals surface area contributed by atoms with E-state index in [2.05, 4.69) is 12.1 Å². The van der Waals surface area contributed by atoms with Gasteiger partial charge in [0.05, 0.1) is 12.3 Å². The number of ether oxygens (including phenoxy) is 1. The van der Waals surface area contributed by atoms with Gasteiger partial charge in [0.2, 0.25) is 0 Å². The Labute approximate surface area is 111 Å². The van der Waals surface area contributed by atoms with Crippen LogP contribution in [0, 0.1) is 0 Å². The van der Waals surface area contributed by atoms with Gasteiger partial charge in [0.15, 0.2) is 0 Å². The number of fused-ring (bicyclic) bond motifs is 1. The van der Waals surface area contributed by atoms with Gasteiger partial charge in [-0.15, -0.1) is 0 Å². The summed E-state index contributed by atoms with van der Waals surface area (Å²) < 4.78 is 11.1. The van der Waals surface area contributed by atoms with Gasteiger partial charge in [-0.05, 0) is 23.6 Å². The third-order valence-corrected chi connectivity index (χ3v) is 3.08. The molecule has 1 atom stereocenters. The molecular formula is C16H15NO2. The SMILES string of the molecule is NC(COc1cccc2ccccc12)c1ccco1. The molecule has 1 aromatic heterocycles. The molecule has 0 aliphatic heterocycles. The summed E-state index contributed by atoms with van der Waals surface area (Å²) >= 11 is 0. The zero-order valence-electron chi connectivity index (χ0n) is 10.5. The average molecular weight is 253 g/mol. The highest BCUT2D eigenvalue weighted by Gasteiger charge is 2.10. The van der Waals surface area contributed by atoms with Crippen LogP contribution in [-0.2, 0) is 0 Å². The monoisotopic (exact) mass is 253 g/mol. The van der Waals surface area contributed by atoms with E-state index in [4.69, 9.17) is 14.9 Å². The highest BCUT2D eigenvalue weighted by Crippen LogP contribution is 2.26. The van der Waals surface area contributed by atoms with Crippen LogP contribution in [0.15, 0.2) is 65.3 Å². The van der Waals surface area contributed by atoms with Crippen LogP contribution in [0.25, 0.3) is 10.8 Å². The van der Waals surface area contributed by atoms with E-state index in [0.29, 0.717) is 6.61 Å². The number of benzene rings is 2. The fourth-order valence-corrected chi connectivity index (χ4v) is 2.09. The molecular weight excluding hydrogens is 238 g/mol. The van der Waals surface area contributed by atoms with Crippen LogP contribution >= 0.6 is 0 Å². The van der Waals surface area contributed by atoms with Crippen molar-refractivity contribution < 1.29 is 9.15 Å². The van der Waals surface area contributed by atoms with Crippen molar-refractivity contribution >= 4 is 10.8 Å². The van der Waals surface area contributed by atoms with Gasteiger partial charge >= 0.3 is 0 Å². The fraction of sp³-hybridized carbons (Fsp3) is 0.125. The first-order valence-electron chi connectivity index (χ1n) is 6.24. The van der Waals surface area contributed by atoms with Gasteiger partial charge in [-0.3, -0.25) is 0 Å². The smallest absolute Gasteiger partial charge is 0.127 e. The van der Waals surface area contributed by atoms with Crippen LogP contribution in [0.1, 0.15) is 11.8 Å². The molecule has 2 N–H and O–H groups in total. The molecule has 3 aromatic rings. The van der Waals surface area contributed by atoms with Gasteiger partial charge < -0.3 is 14.9 Å². The Balaban J connectivity index is 1.79. The van der Waals surface area contributed by atoms with Gasteiger partial charge in [0.25, 0.3) is 0 Å². The highest BCUT2D eigenvalue weighted by atomic mass is 16.5. The molecule has 0 spiro atoms. The predicted molar refractivity (Wildman–Crippen MR) is 75.1 cm³/mol. The molecule has 3 heteroatoms. The van der Waals surface area contributed by atoms with E-state index < -0.39 is 0 Å². The van der Waals surface area contributed by atoms with E-state index in [9.17, 15) is 0 Å². The minimum absolute atomic E-state index is 0.256. The third kappa shape index (κ3) is 2.46. The van der Waals surface area contributed by atoms with Crippen molar-refractivity contribution in [3.63, 3.8) is 0 Å². The molecule has 0 saturated heterocycles. The Morgan fingerprint density at radius 2 is 1.84 bits per heavy atom. The Morgan fingerprint density at radius 3 is 2.68 bits per heavy atom. The topological polar surface area (TPSA) is 48.4 Å². The van der Waals surface area contributed by atoms with Gasteiger partial charge in [0, 0.05) is 5.39 Å². The zero-order valence-corrected chi connectivity index (χ0v) is 10.5. The van der Waals surface area contributed by atoms with Crippen molar-refractivity contribution in [1.29, 1.82) is 0 Å². The molecule has 0 aliphatic carbocycles. The standard InChI is InChI=1S/C16H15NO2/c17-14(16-9-4-10-18-16)11-19-15-8-3-6-12-5-1-2-7-13(12)15/h1-10,14H,11,17H2. The molecule has 2 aromatic carbocycles. The number of hydrogen-bond acceptors (Lipinski definition) is 3. The van der Waals surface area contributed by atoms with Crippen molar-refractivity contribution in [2.24, 2.45) is 5.73 Å². The molecule has 0 bridgehead atoms. The lowest BCUT2D eigenvalue weighted by Crippen LogP contribution is -2.18. The van der Waals surface area contributed by atoms with Crippen molar-refractivity contribution in [3.8, 4) is 5.75 Å². The summed E-state index contributed by atoms with van der Waals surface area (Å²) in [6.45, 7) is 0.390. The number of hydrogen-bond donors (Lipinski definition) is 1. The minimum Gasteiger partial charge on any atom is -0.491 e. The predicted octanol–water partition coefficient (Wildman–Crippen LogP) is 3.51. The summed E-state index contributed by atoms with van der Waals surface area (Å²) in [4.78, 5) is 0. The van der Waals surface area contributed by atoms with Crippen molar-refractivity contribution in [2.45, 2.75) is 6.04 Å². The van der Waals surface area contributed by atoms with E-state index in [1.807, 2.05) is 42.5 Å². The molecule has 1 unspecified atom stereocenters. The molecule has 0 saturated carbocycles. The Hall–Kier alpha value is -2.26. The van der Waals surface area contributed by atoms with Crippen LogP contribution in [0.5, 0.6) is 5.75 Å². The first-order valence-corrected chi connectivity index (χ1v) is 6.24. The Morgan fingerprint density at radius 1 is 1.00 bits per heavy atom. The lowest BCUT2D eigenvalue weighted by atomic mass is 10.1. The summed E-state index contributed by atoms with van der Waals surface area (Å²) in [5.74, 6) is 1.58. The number of nitrogens with two attached hydrogens (primary N) is 1. The van der Waals surface area contributed by atoms with Gasteiger partial charge in [-0.25, -0.2) is 0 Å². The van der Waals surface area contributed by atoms with Crippen LogP contribution in [0.2, 0.25) is 0 Å². The summed E-state index contributed by atoms with van der Waals surface area (Å²) in [5, 5.41) is 2.25. The minimum atomic E-state index is -0.256. The van der Waals surface area contributed by atoms with Gasteiger partial charge in [-0.1, -0.05) is 36.4 Å². The zero-order chi connectivity index (χ0) is 13.1. The number of furan rings is 1. The maximum Gasteiger partial charge on any atom is 0.127 e. The largest absolute Gasteiger partial charge is 0.491 e. The molecule has 3 rings (SSSR count). The quantitative estimate of drug-likeness (QED) is 0.774. The number of rotatable bonds is 4. The molecule has 0 fully saturated rings. The molecule has 0 radical (unpaired) electrons. The molecule has 1 heterocycles. The Bertz CT molecular complexity index is 656. The first kappa shape index (κ1) is 11.8. The van der Waals surface area contributed by atoms with E-state index in [1.165, 1.54) is 0 Å². The normalized spacial score (nSPS) is 12.5. The summed E-state index contributed by atoms with van der Waals surface area (Å²) in [6.07, 6.45) is 1.62. The lowest BCUT2D eigenvalue weighted by molar-refractivity contribution is 0.275. The van der Waals surface area contributed by atoms with E-state index in [1.54, 1.807) is 6.26 Å². The summed E-state index contributed by atoms with van der Waals surface area (Å²) in [5.41, 5.74) is 6.01. The molecule has 0 aliphatic rings. The highest BCUT2D eigenvalue weighted by molar-refractivity contribution is 5.88. The maximum atomic E-state index is 6.01. The van der Waals surface area contributed by atoms with Gasteiger partial charge in [-0.2, -0.15) is 0 Å². The average Bonchev–Trinajstić information content (AvgIpc) is 2.99.